The van der Waals surface area contributed by atoms with E-state index in [4.69, 9.17) is 28.9 Å². The van der Waals surface area contributed by atoms with Crippen LogP contribution in [0.15, 0.2) is 24.3 Å². The zero-order valence-corrected chi connectivity index (χ0v) is 10.0. The molecule has 0 atom stereocenters. The number of nitrogens with two attached hydrogens (primary N) is 1. The van der Waals surface area contributed by atoms with Crippen molar-refractivity contribution in [3.05, 3.63) is 40.0 Å². The summed E-state index contributed by atoms with van der Waals surface area (Å²) >= 11 is 12.2. The number of fused-ring (bicyclic) bond motifs is 1. The third-order valence-electron chi connectivity index (χ3n) is 3.10. The molecule has 82 valence electrons. The van der Waals surface area contributed by atoms with Crippen molar-refractivity contribution in [2.24, 2.45) is 5.73 Å². The van der Waals surface area contributed by atoms with Gasteiger partial charge in [-0.3, -0.25) is 0 Å². The molecule has 0 spiro atoms. The minimum Gasteiger partial charge on any atom is -0.321 e. The number of rotatable bonds is 1. The average molecular weight is 253 g/mol. The maximum atomic E-state index is 6.36. The first-order valence-corrected chi connectivity index (χ1v) is 5.90. The van der Waals surface area contributed by atoms with Crippen molar-refractivity contribution >= 4 is 34.1 Å². The smallest absolute Gasteiger partial charge is 0.129 e. The summed E-state index contributed by atoms with van der Waals surface area (Å²) < 4.78 is 0. The van der Waals surface area contributed by atoms with Gasteiger partial charge in [-0.2, -0.15) is 0 Å². The number of hydrogen-bond acceptors (Lipinski definition) is 2. The number of halogens is 2. The van der Waals surface area contributed by atoms with E-state index in [0.717, 1.165) is 29.3 Å². The molecule has 0 aliphatic heterocycles. The van der Waals surface area contributed by atoms with Crippen LogP contribution in [-0.2, 0) is 5.54 Å². The van der Waals surface area contributed by atoms with E-state index in [2.05, 4.69) is 4.98 Å². The van der Waals surface area contributed by atoms with Gasteiger partial charge < -0.3 is 5.73 Å². The molecule has 3 rings (SSSR count). The monoisotopic (exact) mass is 252 g/mol. The number of aromatic nitrogens is 1. The summed E-state index contributed by atoms with van der Waals surface area (Å²) in [6, 6.07) is 7.52. The highest BCUT2D eigenvalue weighted by Gasteiger charge is 2.41. The SMILES string of the molecule is NC1(c2ccc3nc(Cl)ccc3c2Cl)CC1. The van der Waals surface area contributed by atoms with Gasteiger partial charge in [0.25, 0.3) is 0 Å². The molecule has 1 aromatic heterocycles. The molecule has 1 saturated carbocycles. The lowest BCUT2D eigenvalue weighted by molar-refractivity contribution is 0.742. The van der Waals surface area contributed by atoms with Gasteiger partial charge in [-0.1, -0.05) is 29.3 Å². The van der Waals surface area contributed by atoms with E-state index in [9.17, 15) is 0 Å². The van der Waals surface area contributed by atoms with Gasteiger partial charge in [-0.25, -0.2) is 4.98 Å². The standard InChI is InChI=1S/C12H10Cl2N2/c13-10-4-1-7-9(16-10)3-2-8(11(7)14)12(15)5-6-12/h1-4H,5-6,15H2. The van der Waals surface area contributed by atoms with Gasteiger partial charge in [0, 0.05) is 10.9 Å². The molecule has 0 amide bonds. The quantitative estimate of drug-likeness (QED) is 0.790. The van der Waals surface area contributed by atoms with Crippen LogP contribution in [-0.4, -0.2) is 4.98 Å². The minimum atomic E-state index is -0.217. The lowest BCUT2D eigenvalue weighted by Gasteiger charge is -2.13. The van der Waals surface area contributed by atoms with Crippen molar-refractivity contribution in [3.63, 3.8) is 0 Å². The molecular formula is C12H10Cl2N2. The van der Waals surface area contributed by atoms with Crippen LogP contribution < -0.4 is 5.73 Å². The molecule has 0 unspecified atom stereocenters. The lowest BCUT2D eigenvalue weighted by atomic mass is 10.0. The van der Waals surface area contributed by atoms with Crippen LogP contribution in [0.3, 0.4) is 0 Å². The van der Waals surface area contributed by atoms with E-state index in [1.165, 1.54) is 0 Å². The summed E-state index contributed by atoms with van der Waals surface area (Å²) in [5.41, 5.74) is 7.77. The maximum Gasteiger partial charge on any atom is 0.129 e. The summed E-state index contributed by atoms with van der Waals surface area (Å²) in [6.45, 7) is 0. The molecule has 1 aliphatic carbocycles. The first-order valence-electron chi connectivity index (χ1n) is 5.14. The largest absolute Gasteiger partial charge is 0.321 e. The zero-order chi connectivity index (χ0) is 11.3. The molecule has 1 fully saturated rings. The van der Waals surface area contributed by atoms with Gasteiger partial charge in [-0.05, 0) is 36.6 Å². The molecule has 1 heterocycles. The molecule has 0 radical (unpaired) electrons. The Labute approximate surface area is 103 Å². The topological polar surface area (TPSA) is 38.9 Å². The van der Waals surface area contributed by atoms with Crippen LogP contribution in [0.5, 0.6) is 0 Å². The molecule has 0 saturated heterocycles. The minimum absolute atomic E-state index is 0.217. The molecule has 2 N–H and O–H groups in total. The Hall–Kier alpha value is -0.830. The average Bonchev–Trinajstić information content (AvgIpc) is 2.97. The van der Waals surface area contributed by atoms with Gasteiger partial charge in [0.2, 0.25) is 0 Å². The third-order valence-corrected chi connectivity index (χ3v) is 3.71. The molecule has 0 bridgehead atoms. The molecule has 1 aromatic carbocycles. The highest BCUT2D eigenvalue weighted by atomic mass is 35.5. The molecule has 2 nitrogen and oxygen atoms in total. The van der Waals surface area contributed by atoms with Gasteiger partial charge in [0.1, 0.15) is 5.15 Å². The van der Waals surface area contributed by atoms with E-state index >= 15 is 0 Å². The normalized spacial score (nSPS) is 17.7. The lowest BCUT2D eigenvalue weighted by Crippen LogP contribution is -2.19. The Kier molecular flexibility index (Phi) is 2.15. The van der Waals surface area contributed by atoms with Gasteiger partial charge in [-0.15, -0.1) is 0 Å². The van der Waals surface area contributed by atoms with Crippen molar-refractivity contribution in [1.82, 2.24) is 4.98 Å². The van der Waals surface area contributed by atoms with Crippen molar-refractivity contribution in [2.75, 3.05) is 0 Å². The van der Waals surface area contributed by atoms with Crippen LogP contribution in [0.2, 0.25) is 10.2 Å². The summed E-state index contributed by atoms with van der Waals surface area (Å²) in [5, 5.41) is 2.10. The van der Waals surface area contributed by atoms with Gasteiger partial charge in [0.05, 0.1) is 10.5 Å². The Morgan fingerprint density at radius 3 is 2.56 bits per heavy atom. The predicted octanol–water partition coefficient (Wildman–Crippen LogP) is 3.49. The second-order valence-corrected chi connectivity index (χ2v) is 5.05. The highest BCUT2D eigenvalue weighted by molar-refractivity contribution is 6.36. The summed E-state index contributed by atoms with van der Waals surface area (Å²) in [6.07, 6.45) is 2.00. The van der Waals surface area contributed by atoms with E-state index < -0.39 is 0 Å². The van der Waals surface area contributed by atoms with E-state index in [-0.39, 0.29) is 5.54 Å². The number of nitrogens with zero attached hydrogens (tertiary/aromatic N) is 1. The molecule has 16 heavy (non-hydrogen) atoms. The Morgan fingerprint density at radius 2 is 1.88 bits per heavy atom. The highest BCUT2D eigenvalue weighted by Crippen LogP contribution is 2.46. The van der Waals surface area contributed by atoms with Crippen LogP contribution in [0.1, 0.15) is 18.4 Å². The van der Waals surface area contributed by atoms with Gasteiger partial charge >= 0.3 is 0 Å². The first-order chi connectivity index (χ1) is 7.60. The van der Waals surface area contributed by atoms with Gasteiger partial charge in [0.15, 0.2) is 0 Å². The second-order valence-electron chi connectivity index (χ2n) is 4.28. The Balaban J connectivity index is 2.28. The van der Waals surface area contributed by atoms with Crippen molar-refractivity contribution in [1.29, 1.82) is 0 Å². The van der Waals surface area contributed by atoms with E-state index in [1.807, 2.05) is 18.2 Å². The number of hydrogen-bond donors (Lipinski definition) is 1. The van der Waals surface area contributed by atoms with Crippen molar-refractivity contribution in [3.8, 4) is 0 Å². The molecule has 4 heteroatoms. The zero-order valence-electron chi connectivity index (χ0n) is 8.50. The van der Waals surface area contributed by atoms with Crippen LogP contribution in [0.4, 0.5) is 0 Å². The van der Waals surface area contributed by atoms with Crippen LogP contribution >= 0.6 is 23.2 Å². The van der Waals surface area contributed by atoms with E-state index in [1.54, 1.807) is 6.07 Å². The number of pyridine rings is 1. The molecule has 2 aromatic rings. The summed E-state index contributed by atoms with van der Waals surface area (Å²) in [4.78, 5) is 4.22. The fraction of sp³-hybridized carbons (Fsp3) is 0.250. The Bertz CT molecular complexity index is 576. The third kappa shape index (κ3) is 1.49. The van der Waals surface area contributed by atoms with Crippen molar-refractivity contribution < 1.29 is 0 Å². The second kappa shape index (κ2) is 3.33. The molecule has 1 aliphatic rings. The summed E-state index contributed by atoms with van der Waals surface area (Å²) in [5.74, 6) is 0. The molecular weight excluding hydrogens is 243 g/mol. The van der Waals surface area contributed by atoms with Crippen LogP contribution in [0.25, 0.3) is 10.9 Å². The van der Waals surface area contributed by atoms with E-state index in [0.29, 0.717) is 10.2 Å². The Morgan fingerprint density at radius 1 is 1.12 bits per heavy atom. The predicted molar refractivity (Wildman–Crippen MR) is 66.9 cm³/mol. The summed E-state index contributed by atoms with van der Waals surface area (Å²) in [7, 11) is 0. The van der Waals surface area contributed by atoms with Crippen molar-refractivity contribution in [2.45, 2.75) is 18.4 Å². The number of benzene rings is 1. The first kappa shape index (κ1) is 10.3. The fourth-order valence-corrected chi connectivity index (χ4v) is 2.50. The maximum absolute atomic E-state index is 6.36. The fourth-order valence-electron chi connectivity index (χ4n) is 1.93. The van der Waals surface area contributed by atoms with Crippen LogP contribution in [0, 0.1) is 0 Å².